The predicted octanol–water partition coefficient (Wildman–Crippen LogP) is 15.2. The molecule has 0 bridgehead atoms. The van der Waals surface area contributed by atoms with E-state index in [1.54, 1.807) is 49.1 Å². The number of fused-ring (bicyclic) bond motifs is 1. The number of nitrogens with zero attached hydrogens (tertiary/aromatic N) is 5. The average Bonchev–Trinajstić information content (AvgIpc) is 1.35. The van der Waals surface area contributed by atoms with Crippen molar-refractivity contribution in [2.45, 2.75) is 107 Å². The van der Waals surface area contributed by atoms with Crippen molar-refractivity contribution in [3.63, 3.8) is 0 Å². The molecule has 7 aromatic carbocycles. The van der Waals surface area contributed by atoms with Crippen LogP contribution in [0.1, 0.15) is 111 Å². The highest BCUT2D eigenvalue weighted by atomic mass is 31.2. The van der Waals surface area contributed by atoms with Crippen LogP contribution in [0.4, 0.5) is 10.2 Å². The van der Waals surface area contributed by atoms with E-state index in [-0.39, 0.29) is 35.7 Å². The van der Waals surface area contributed by atoms with Crippen molar-refractivity contribution >= 4 is 30.7 Å². The second-order valence-electron chi connectivity index (χ2n) is 21.9. The molecule has 15 nitrogen and oxygen atoms in total. The monoisotopic (exact) mass is 1200 g/mol. The van der Waals surface area contributed by atoms with Gasteiger partial charge in [0, 0.05) is 13.0 Å². The van der Waals surface area contributed by atoms with Crippen LogP contribution in [0.3, 0.4) is 0 Å². The number of rotatable bonds is 30. The van der Waals surface area contributed by atoms with Crippen LogP contribution in [0.5, 0.6) is 17.2 Å². The normalized spacial score (nSPS) is 17.0. The highest BCUT2D eigenvalue weighted by molar-refractivity contribution is 7.51. The number of aliphatic carboxylic acids is 1. The van der Waals surface area contributed by atoms with Crippen molar-refractivity contribution in [2.75, 3.05) is 32.7 Å². The number of hydrogen-bond acceptors (Lipinski definition) is 12. The standard InChI is InChI=1S/C71H74FN6O9P/c1-6-8-9-10-11-12-13-29-48-78(52(3)67(79)80)88(81,87-61-38-27-18-28-39-61)84-50-69(7-2)62(85-71(56-34-23-16-24-35-56,57-36-25-17-26-37-57)58-42-46-60(83-5)47-43-58)49-63(86-69)77-51-73-64-65(74-68(72)75-66(64)77)76-70(53-30-19-14-20-31-53,54-32-21-15-22-33-54)55-40-44-59(82-4)45-41-55/h2,14-28,30-47,51-52,62-63H,6,8-13,29,48-50H2,1,3-5H3,(H,79,80)(H,74,75,76)/t52?,62-,63+,69+,88?/m0/s1. The summed E-state index contributed by atoms with van der Waals surface area (Å²) in [7, 11) is -1.53. The SMILES string of the molecule is C#C[C@]1(COP(=O)(Oc2ccccc2)N(CCCCCCCCCC)C(C)C(=O)O)O[C@@H](n2cnc3c(NC(c4ccccc4)(c4ccccc4)c4ccc(OC)cc4)nc(F)nc32)C[C@@H]1OC(c1ccccc1)(c1ccccc1)c1ccc(OC)cc1. The first-order chi connectivity index (χ1) is 42.9. The number of para-hydroxylation sites is 1. The van der Waals surface area contributed by atoms with E-state index in [9.17, 15) is 9.90 Å². The lowest BCUT2D eigenvalue weighted by atomic mass is 9.77. The lowest BCUT2D eigenvalue weighted by molar-refractivity contribution is -0.142. The van der Waals surface area contributed by atoms with Gasteiger partial charge in [-0.2, -0.15) is 19.0 Å². The van der Waals surface area contributed by atoms with Crippen molar-refractivity contribution in [2.24, 2.45) is 0 Å². The average molecular weight is 1210 g/mol. The van der Waals surface area contributed by atoms with Crippen molar-refractivity contribution in [1.82, 2.24) is 24.2 Å². The summed E-state index contributed by atoms with van der Waals surface area (Å²) < 4.78 is 75.3. The molecule has 2 aromatic heterocycles. The largest absolute Gasteiger partial charge is 0.497 e. The molecule has 2 unspecified atom stereocenters. The van der Waals surface area contributed by atoms with Crippen LogP contribution in [-0.4, -0.2) is 80.4 Å². The Kier molecular flexibility index (Phi) is 20.2. The molecule has 17 heteroatoms. The number of carbonyl (C=O) groups is 1. The molecule has 10 rings (SSSR count). The molecule has 1 aliphatic rings. The fourth-order valence-corrected chi connectivity index (χ4v) is 13.7. The summed E-state index contributed by atoms with van der Waals surface area (Å²) in [5.41, 5.74) is 0.184. The summed E-state index contributed by atoms with van der Waals surface area (Å²) >= 11 is 0. The van der Waals surface area contributed by atoms with Gasteiger partial charge in [0.05, 0.1) is 20.5 Å². The van der Waals surface area contributed by atoms with Gasteiger partial charge in [-0.1, -0.05) is 222 Å². The molecule has 88 heavy (non-hydrogen) atoms. The molecule has 0 radical (unpaired) electrons. The van der Waals surface area contributed by atoms with Gasteiger partial charge in [-0.25, -0.2) is 9.55 Å². The lowest BCUT2D eigenvalue weighted by Gasteiger charge is -2.41. The third-order valence-corrected chi connectivity index (χ3v) is 18.5. The Bertz CT molecular complexity index is 3710. The molecule has 1 fully saturated rings. The number of carboxylic acids is 1. The Morgan fingerprint density at radius 1 is 0.716 bits per heavy atom. The number of anilines is 1. The zero-order chi connectivity index (χ0) is 61.6. The third-order valence-electron chi connectivity index (χ3n) is 16.4. The molecular formula is C71H74FN6O9P. The van der Waals surface area contributed by atoms with Gasteiger partial charge < -0.3 is 33.9 Å². The van der Waals surface area contributed by atoms with Crippen molar-refractivity contribution in [3.05, 3.63) is 246 Å². The minimum absolute atomic E-state index is 0.0495. The van der Waals surface area contributed by atoms with Gasteiger partial charge in [0.1, 0.15) is 53.4 Å². The summed E-state index contributed by atoms with van der Waals surface area (Å²) in [6.45, 7) is 3.04. The summed E-state index contributed by atoms with van der Waals surface area (Å²) in [6.07, 6.45) is 12.7. The van der Waals surface area contributed by atoms with Gasteiger partial charge in [0.25, 0.3) is 0 Å². The molecule has 1 saturated heterocycles. The molecule has 454 valence electrons. The van der Waals surface area contributed by atoms with E-state index in [4.69, 9.17) is 39.4 Å². The van der Waals surface area contributed by atoms with Crippen LogP contribution in [0.15, 0.2) is 207 Å². The van der Waals surface area contributed by atoms with Crippen molar-refractivity contribution in [1.29, 1.82) is 0 Å². The number of methoxy groups -OCH3 is 2. The topological polar surface area (TPSA) is 169 Å². The molecule has 2 N–H and O–H groups in total. The fraction of sp³-hybridized carbons (Fsp3) is 0.296. The number of ether oxygens (including phenoxy) is 4. The van der Waals surface area contributed by atoms with Crippen LogP contribution < -0.4 is 19.3 Å². The van der Waals surface area contributed by atoms with Gasteiger partial charge in [-0.05, 0) is 83.1 Å². The Labute approximate surface area is 514 Å². The maximum absolute atomic E-state index is 16.7. The molecule has 9 aromatic rings. The van der Waals surface area contributed by atoms with Gasteiger partial charge in [0.2, 0.25) is 0 Å². The van der Waals surface area contributed by atoms with Crippen molar-refractivity contribution < 1.29 is 46.9 Å². The Balaban J connectivity index is 1.11. The van der Waals surface area contributed by atoms with Gasteiger partial charge in [0.15, 0.2) is 22.6 Å². The number of hydrogen-bond donors (Lipinski definition) is 2. The van der Waals surface area contributed by atoms with E-state index in [0.717, 1.165) is 66.3 Å². The summed E-state index contributed by atoms with van der Waals surface area (Å²) in [4.78, 5) is 26.9. The Morgan fingerprint density at radius 3 is 1.70 bits per heavy atom. The van der Waals surface area contributed by atoms with Crippen LogP contribution in [0.25, 0.3) is 11.2 Å². The minimum atomic E-state index is -4.73. The highest BCUT2D eigenvalue weighted by Crippen LogP contribution is 2.56. The molecule has 1 aliphatic heterocycles. The smallest absolute Gasteiger partial charge is 0.462 e. The number of halogens is 1. The third kappa shape index (κ3) is 13.3. The number of terminal acetylenes is 1. The van der Waals surface area contributed by atoms with Gasteiger partial charge in [-0.15, -0.1) is 6.42 Å². The molecule has 5 atom stereocenters. The van der Waals surface area contributed by atoms with Crippen LogP contribution in [-0.2, 0) is 34.5 Å². The maximum Gasteiger partial charge on any atom is 0.462 e. The number of unbranched alkanes of at least 4 members (excludes halogenated alkanes) is 7. The molecule has 0 saturated carbocycles. The number of carboxylic acid groups (broad SMARTS) is 1. The quantitative estimate of drug-likeness (QED) is 0.0143. The maximum atomic E-state index is 16.7. The molecule has 0 spiro atoms. The Morgan fingerprint density at radius 2 is 1.19 bits per heavy atom. The van der Waals surface area contributed by atoms with E-state index >= 15 is 8.96 Å². The zero-order valence-corrected chi connectivity index (χ0v) is 50.9. The van der Waals surface area contributed by atoms with Gasteiger partial charge in [-0.3, -0.25) is 13.9 Å². The second kappa shape index (κ2) is 28.4. The van der Waals surface area contributed by atoms with E-state index in [1.165, 1.54) is 24.3 Å². The van der Waals surface area contributed by atoms with Gasteiger partial charge >= 0.3 is 19.8 Å². The fourth-order valence-electron chi connectivity index (χ4n) is 11.7. The number of aromatic nitrogens is 4. The Hall–Kier alpha value is -8.68. The number of nitrogens with one attached hydrogen (secondary N) is 1. The van der Waals surface area contributed by atoms with Crippen LogP contribution in [0.2, 0.25) is 0 Å². The molecular weight excluding hydrogens is 1130 g/mol. The zero-order valence-electron chi connectivity index (χ0n) is 50.0. The van der Waals surface area contributed by atoms with Crippen molar-refractivity contribution in [3.8, 4) is 29.6 Å². The number of imidazole rings is 1. The van der Waals surface area contributed by atoms with Crippen LogP contribution >= 0.6 is 7.75 Å². The summed E-state index contributed by atoms with van der Waals surface area (Å²) in [5.74, 6) is 3.19. The molecule has 0 amide bonds. The van der Waals surface area contributed by atoms with E-state index in [2.05, 4.69) is 28.1 Å². The summed E-state index contributed by atoms with van der Waals surface area (Å²) in [6, 6.07) is 61.3. The van der Waals surface area contributed by atoms with E-state index in [0.29, 0.717) is 23.5 Å². The molecule has 0 aliphatic carbocycles. The first-order valence-electron chi connectivity index (χ1n) is 29.9. The minimum Gasteiger partial charge on any atom is -0.497 e. The molecule has 3 heterocycles. The summed E-state index contributed by atoms with van der Waals surface area (Å²) in [5, 5.41) is 14.4. The first-order valence-corrected chi connectivity index (χ1v) is 31.4. The van der Waals surface area contributed by atoms with E-state index in [1.807, 2.05) is 170 Å². The highest BCUT2D eigenvalue weighted by Gasteiger charge is 2.56. The predicted molar refractivity (Wildman–Crippen MR) is 339 cm³/mol. The number of benzene rings is 7. The lowest BCUT2D eigenvalue weighted by Crippen LogP contribution is -2.49. The second-order valence-corrected chi connectivity index (χ2v) is 23.8. The first kappa shape index (κ1) is 62.4. The van der Waals surface area contributed by atoms with E-state index < -0.39 is 61.5 Å². The van der Waals surface area contributed by atoms with Crippen LogP contribution in [0, 0.1) is 18.4 Å².